The highest BCUT2D eigenvalue weighted by Crippen LogP contribution is 2.40. The number of thiocarbonyl (C=S) groups is 1. The van der Waals surface area contributed by atoms with Gasteiger partial charge in [0.2, 0.25) is 0 Å². The van der Waals surface area contributed by atoms with Crippen LogP contribution in [0.3, 0.4) is 0 Å². The molecule has 3 atom stereocenters. The van der Waals surface area contributed by atoms with Crippen molar-refractivity contribution < 1.29 is 0 Å². The van der Waals surface area contributed by atoms with Crippen LogP contribution in [0.25, 0.3) is 0 Å². The van der Waals surface area contributed by atoms with Gasteiger partial charge in [-0.25, -0.2) is 4.99 Å². The maximum Gasteiger partial charge on any atom is 0.0671 e. The lowest BCUT2D eigenvalue weighted by Crippen LogP contribution is -2.09. The smallest absolute Gasteiger partial charge is 0.0671 e. The highest BCUT2D eigenvalue weighted by Gasteiger charge is 2.35. The summed E-state index contributed by atoms with van der Waals surface area (Å²) in [6, 6.07) is 0.465. The van der Waals surface area contributed by atoms with Gasteiger partial charge in [0.25, 0.3) is 0 Å². The molecule has 1 saturated carbocycles. The topological polar surface area (TPSA) is 12.4 Å². The third-order valence-corrected chi connectivity index (χ3v) is 2.57. The lowest BCUT2D eigenvalue weighted by atomic mass is 10.0. The van der Waals surface area contributed by atoms with Crippen molar-refractivity contribution >= 4 is 17.4 Å². The van der Waals surface area contributed by atoms with Crippen molar-refractivity contribution in [3.8, 4) is 0 Å². The van der Waals surface area contributed by atoms with Gasteiger partial charge in [-0.3, -0.25) is 0 Å². The van der Waals surface area contributed by atoms with Crippen LogP contribution in [-0.4, -0.2) is 11.2 Å². The zero-order valence-electron chi connectivity index (χ0n) is 5.66. The number of allylic oxidation sites excluding steroid dienone is 1. The molecule has 2 aliphatic rings. The minimum absolute atomic E-state index is 0.465. The summed E-state index contributed by atoms with van der Waals surface area (Å²) in [5.74, 6) is 1.47. The summed E-state index contributed by atoms with van der Waals surface area (Å²) in [5, 5.41) is 2.47. The summed E-state index contributed by atoms with van der Waals surface area (Å²) >= 11 is 4.56. The Hall–Kier alpha value is -0.460. The van der Waals surface area contributed by atoms with E-state index in [1.54, 1.807) is 0 Å². The number of isothiocyanates is 1. The fourth-order valence-electron chi connectivity index (χ4n) is 1.97. The van der Waals surface area contributed by atoms with Crippen molar-refractivity contribution in [2.24, 2.45) is 16.8 Å². The third kappa shape index (κ3) is 0.845. The van der Waals surface area contributed by atoms with Crippen LogP contribution in [0.15, 0.2) is 17.1 Å². The molecule has 2 bridgehead atoms. The summed E-state index contributed by atoms with van der Waals surface area (Å²) in [4.78, 5) is 4.12. The SMILES string of the molecule is S=C=N[C@@H]1C[C@@H]2C=C[C@H]1C2. The molecule has 2 aliphatic carbocycles. The molecule has 10 heavy (non-hydrogen) atoms. The number of fused-ring (bicyclic) bond motifs is 2. The second-order valence-electron chi connectivity index (χ2n) is 3.07. The predicted octanol–water partition coefficient (Wildman–Crippen LogP) is 2.05. The summed E-state index contributed by atoms with van der Waals surface area (Å²) in [6.45, 7) is 0. The van der Waals surface area contributed by atoms with Crippen LogP contribution < -0.4 is 0 Å². The first kappa shape index (κ1) is 6.26. The van der Waals surface area contributed by atoms with E-state index < -0.39 is 0 Å². The van der Waals surface area contributed by atoms with Crippen LogP contribution in [-0.2, 0) is 0 Å². The first-order valence-electron chi connectivity index (χ1n) is 3.65. The summed E-state index contributed by atoms with van der Waals surface area (Å²) in [7, 11) is 0. The number of rotatable bonds is 1. The van der Waals surface area contributed by atoms with Gasteiger partial charge in [0, 0.05) is 5.92 Å². The van der Waals surface area contributed by atoms with Crippen molar-refractivity contribution in [2.75, 3.05) is 0 Å². The Kier molecular flexibility index (Phi) is 1.44. The fraction of sp³-hybridized carbons (Fsp3) is 0.625. The molecule has 0 radical (unpaired) electrons. The fourth-order valence-corrected chi connectivity index (χ4v) is 2.10. The molecule has 1 fully saturated rings. The Morgan fingerprint density at radius 3 is 2.80 bits per heavy atom. The molecule has 0 saturated heterocycles. The van der Waals surface area contributed by atoms with E-state index in [9.17, 15) is 0 Å². The maximum atomic E-state index is 4.56. The molecular weight excluding hydrogens is 142 g/mol. The maximum absolute atomic E-state index is 4.56. The molecule has 0 spiro atoms. The van der Waals surface area contributed by atoms with Gasteiger partial charge in [0.1, 0.15) is 0 Å². The van der Waals surface area contributed by atoms with Crippen molar-refractivity contribution in [1.29, 1.82) is 0 Å². The lowest BCUT2D eigenvalue weighted by Gasteiger charge is -2.09. The zero-order valence-corrected chi connectivity index (χ0v) is 6.47. The molecule has 0 aromatic heterocycles. The Bertz CT molecular complexity index is 215. The first-order chi connectivity index (χ1) is 4.90. The van der Waals surface area contributed by atoms with Crippen LogP contribution in [0, 0.1) is 11.8 Å². The van der Waals surface area contributed by atoms with Gasteiger partial charge < -0.3 is 0 Å². The number of aliphatic imine (C=N–C) groups is 1. The van der Waals surface area contributed by atoms with Gasteiger partial charge in [-0.05, 0) is 31.0 Å². The van der Waals surface area contributed by atoms with Crippen molar-refractivity contribution in [2.45, 2.75) is 18.9 Å². The minimum atomic E-state index is 0.465. The lowest BCUT2D eigenvalue weighted by molar-refractivity contribution is 0.582. The van der Waals surface area contributed by atoms with Crippen LogP contribution in [0.1, 0.15) is 12.8 Å². The normalized spacial score (nSPS) is 41.8. The van der Waals surface area contributed by atoms with Crippen molar-refractivity contribution in [3.63, 3.8) is 0 Å². The molecule has 52 valence electrons. The van der Waals surface area contributed by atoms with E-state index in [4.69, 9.17) is 0 Å². The van der Waals surface area contributed by atoms with E-state index in [1.807, 2.05) is 0 Å². The van der Waals surface area contributed by atoms with E-state index in [0.717, 1.165) is 5.92 Å². The number of hydrogen-bond donors (Lipinski definition) is 0. The van der Waals surface area contributed by atoms with E-state index in [2.05, 4.69) is 34.5 Å². The van der Waals surface area contributed by atoms with E-state index in [-0.39, 0.29) is 0 Å². The van der Waals surface area contributed by atoms with Crippen molar-refractivity contribution in [3.05, 3.63) is 12.2 Å². The molecule has 1 nitrogen and oxygen atoms in total. The number of hydrogen-bond acceptors (Lipinski definition) is 2. The van der Waals surface area contributed by atoms with Crippen LogP contribution >= 0.6 is 12.2 Å². The van der Waals surface area contributed by atoms with Crippen LogP contribution in [0.4, 0.5) is 0 Å². The van der Waals surface area contributed by atoms with E-state index in [0.29, 0.717) is 12.0 Å². The van der Waals surface area contributed by atoms with Crippen molar-refractivity contribution in [1.82, 2.24) is 0 Å². The zero-order chi connectivity index (χ0) is 6.97. The second-order valence-corrected chi connectivity index (χ2v) is 3.25. The molecule has 0 heterocycles. The highest BCUT2D eigenvalue weighted by atomic mass is 32.1. The van der Waals surface area contributed by atoms with Gasteiger partial charge in [-0.2, -0.15) is 0 Å². The Morgan fingerprint density at radius 2 is 2.30 bits per heavy atom. The average Bonchev–Trinajstić information content (AvgIpc) is 2.48. The highest BCUT2D eigenvalue weighted by molar-refractivity contribution is 7.78. The Labute approximate surface area is 65.8 Å². The third-order valence-electron chi connectivity index (χ3n) is 2.46. The van der Waals surface area contributed by atoms with E-state index in [1.165, 1.54) is 12.8 Å². The van der Waals surface area contributed by atoms with Crippen LogP contribution in [0.5, 0.6) is 0 Å². The largest absolute Gasteiger partial charge is 0.229 e. The standard InChI is InChI=1S/C8H9NS/c10-5-9-8-4-6-1-2-7(8)3-6/h1-2,6-8H,3-4H2/t6-,7+,8-/m1/s1. The number of nitrogens with zero attached hydrogens (tertiary/aromatic N) is 1. The quantitative estimate of drug-likeness (QED) is 0.317. The van der Waals surface area contributed by atoms with Gasteiger partial charge in [0.05, 0.1) is 11.2 Å². The van der Waals surface area contributed by atoms with Gasteiger partial charge in [0.15, 0.2) is 0 Å². The average molecular weight is 151 g/mol. The Balaban J connectivity index is 2.16. The second kappa shape index (κ2) is 2.30. The summed E-state index contributed by atoms with van der Waals surface area (Å²) < 4.78 is 0. The molecule has 0 aromatic rings. The Morgan fingerprint density at radius 1 is 1.40 bits per heavy atom. The molecule has 0 aliphatic heterocycles. The van der Waals surface area contributed by atoms with Gasteiger partial charge >= 0.3 is 0 Å². The molecule has 0 N–H and O–H groups in total. The molecule has 0 aromatic carbocycles. The summed E-state index contributed by atoms with van der Waals surface area (Å²) in [6.07, 6.45) is 7.07. The van der Waals surface area contributed by atoms with E-state index >= 15 is 0 Å². The predicted molar refractivity (Wildman–Crippen MR) is 44.2 cm³/mol. The van der Waals surface area contributed by atoms with Gasteiger partial charge in [-0.15, -0.1) is 0 Å². The molecule has 2 rings (SSSR count). The monoisotopic (exact) mass is 151 g/mol. The molecule has 2 heteroatoms. The molecule has 0 unspecified atom stereocenters. The first-order valence-corrected chi connectivity index (χ1v) is 4.06. The minimum Gasteiger partial charge on any atom is -0.229 e. The van der Waals surface area contributed by atoms with Gasteiger partial charge in [-0.1, -0.05) is 12.2 Å². The van der Waals surface area contributed by atoms with Crippen LogP contribution in [0.2, 0.25) is 0 Å². The summed E-state index contributed by atoms with van der Waals surface area (Å²) in [5.41, 5.74) is 0. The molecule has 0 amide bonds. The molecular formula is C8H9NS.